The first-order valence-electron chi connectivity index (χ1n) is 8.08. The first-order chi connectivity index (χ1) is 10.3. The van der Waals surface area contributed by atoms with Gasteiger partial charge in [-0.3, -0.25) is 0 Å². The van der Waals surface area contributed by atoms with E-state index in [0.29, 0.717) is 6.54 Å². The number of nitrogens with zero attached hydrogens (tertiary/aromatic N) is 2. The van der Waals surface area contributed by atoms with Crippen LogP contribution in [0, 0.1) is 0 Å². The lowest BCUT2D eigenvalue weighted by Gasteiger charge is -2.20. The van der Waals surface area contributed by atoms with Crippen LogP contribution >= 0.6 is 0 Å². The molecule has 1 aromatic rings. The topological polar surface area (TPSA) is 36.9 Å². The number of guanidine groups is 1. The summed E-state index contributed by atoms with van der Waals surface area (Å²) in [6.07, 6.45) is 3.57. The lowest BCUT2D eigenvalue weighted by molar-refractivity contribution is 0.317. The third-order valence-corrected chi connectivity index (χ3v) is 3.52. The van der Waals surface area contributed by atoms with E-state index >= 15 is 0 Å². The Morgan fingerprint density at radius 1 is 1.29 bits per heavy atom. The Bertz CT molecular complexity index is 453. The Hall–Kier alpha value is -1.71. The number of nitrogens with one attached hydrogen (secondary N) is 1. The summed E-state index contributed by atoms with van der Waals surface area (Å²) in [4.78, 5) is 7.11. The second-order valence-electron chi connectivity index (χ2n) is 5.36. The third-order valence-electron chi connectivity index (χ3n) is 3.52. The zero-order valence-electron chi connectivity index (χ0n) is 13.3. The van der Waals surface area contributed by atoms with Crippen molar-refractivity contribution < 1.29 is 4.74 Å². The Kier molecular flexibility index (Phi) is 6.38. The van der Waals surface area contributed by atoms with Crippen LogP contribution in [0.3, 0.4) is 0 Å². The monoisotopic (exact) mass is 289 g/mol. The predicted octanol–water partition coefficient (Wildman–Crippen LogP) is 3.04. The highest BCUT2D eigenvalue weighted by molar-refractivity contribution is 5.80. The molecule has 0 saturated carbocycles. The first-order valence-corrected chi connectivity index (χ1v) is 8.08. The third kappa shape index (κ3) is 4.96. The number of benzene rings is 1. The molecule has 21 heavy (non-hydrogen) atoms. The normalized spacial score (nSPS) is 15.3. The molecule has 116 valence electrons. The molecule has 0 aliphatic carbocycles. The summed E-state index contributed by atoms with van der Waals surface area (Å²) in [5, 5.41) is 3.39. The first kappa shape index (κ1) is 15.7. The van der Waals surface area contributed by atoms with E-state index in [9.17, 15) is 0 Å². The van der Waals surface area contributed by atoms with Crippen molar-refractivity contribution in [2.45, 2.75) is 39.7 Å². The van der Waals surface area contributed by atoms with Gasteiger partial charge in [-0.1, -0.05) is 19.1 Å². The molecule has 0 spiro atoms. The van der Waals surface area contributed by atoms with E-state index in [1.165, 1.54) is 18.4 Å². The van der Waals surface area contributed by atoms with E-state index in [-0.39, 0.29) is 0 Å². The molecule has 1 saturated heterocycles. The molecule has 0 atom stereocenters. The summed E-state index contributed by atoms with van der Waals surface area (Å²) < 4.78 is 5.68. The van der Waals surface area contributed by atoms with Gasteiger partial charge in [0.15, 0.2) is 5.96 Å². The fraction of sp³-hybridized carbons (Fsp3) is 0.588. The fourth-order valence-electron chi connectivity index (χ4n) is 2.47. The lowest BCUT2D eigenvalue weighted by atomic mass is 10.2. The Balaban J connectivity index is 1.99. The molecular formula is C17H27N3O. The highest BCUT2D eigenvalue weighted by atomic mass is 16.5. The number of hydrogen-bond acceptors (Lipinski definition) is 2. The number of aliphatic imine (C=N–C) groups is 1. The van der Waals surface area contributed by atoms with Crippen LogP contribution in [0.1, 0.15) is 38.7 Å². The molecule has 4 nitrogen and oxygen atoms in total. The van der Waals surface area contributed by atoms with Gasteiger partial charge < -0.3 is 15.0 Å². The minimum atomic E-state index is 0.697. The largest absolute Gasteiger partial charge is 0.494 e. The zero-order chi connectivity index (χ0) is 14.9. The minimum absolute atomic E-state index is 0.697. The van der Waals surface area contributed by atoms with E-state index in [2.05, 4.69) is 36.2 Å². The maximum atomic E-state index is 5.68. The molecule has 1 heterocycles. The summed E-state index contributed by atoms with van der Waals surface area (Å²) in [5.41, 5.74) is 1.19. The van der Waals surface area contributed by atoms with E-state index in [1.807, 2.05) is 12.1 Å². The average molecular weight is 289 g/mol. The Labute approximate surface area is 128 Å². The van der Waals surface area contributed by atoms with Crippen LogP contribution in [0.4, 0.5) is 0 Å². The molecule has 0 bridgehead atoms. The number of hydrogen-bond donors (Lipinski definition) is 1. The number of likely N-dealkylation sites (tertiary alicyclic amines) is 1. The van der Waals surface area contributed by atoms with Crippen LogP contribution in [0.15, 0.2) is 29.3 Å². The summed E-state index contributed by atoms with van der Waals surface area (Å²) in [5.74, 6) is 1.98. The van der Waals surface area contributed by atoms with Crippen molar-refractivity contribution in [3.05, 3.63) is 29.8 Å². The fourth-order valence-corrected chi connectivity index (χ4v) is 2.47. The van der Waals surface area contributed by atoms with Crippen LogP contribution in [0.25, 0.3) is 0 Å². The predicted molar refractivity (Wildman–Crippen MR) is 87.9 cm³/mol. The summed E-state index contributed by atoms with van der Waals surface area (Å²) in [6.45, 7) is 8.84. The van der Waals surface area contributed by atoms with E-state index in [4.69, 9.17) is 9.73 Å². The lowest BCUT2D eigenvalue weighted by Crippen LogP contribution is -2.39. The molecule has 1 aliphatic heterocycles. The summed E-state index contributed by atoms with van der Waals surface area (Å²) >= 11 is 0. The molecule has 4 heteroatoms. The highest BCUT2D eigenvalue weighted by Crippen LogP contribution is 2.15. The molecule has 0 radical (unpaired) electrons. The number of ether oxygens (including phenoxy) is 1. The quantitative estimate of drug-likeness (QED) is 0.646. The smallest absolute Gasteiger partial charge is 0.194 e. The van der Waals surface area contributed by atoms with Crippen LogP contribution < -0.4 is 10.1 Å². The van der Waals surface area contributed by atoms with Gasteiger partial charge in [0, 0.05) is 19.6 Å². The van der Waals surface area contributed by atoms with Gasteiger partial charge >= 0.3 is 0 Å². The molecule has 0 unspecified atom stereocenters. The Morgan fingerprint density at radius 2 is 2.10 bits per heavy atom. The van der Waals surface area contributed by atoms with Gasteiger partial charge in [-0.25, -0.2) is 4.99 Å². The molecule has 1 N–H and O–H groups in total. The van der Waals surface area contributed by atoms with Crippen molar-refractivity contribution in [1.82, 2.24) is 10.2 Å². The molecule has 1 aromatic carbocycles. The second kappa shape index (κ2) is 8.55. The van der Waals surface area contributed by atoms with Crippen molar-refractivity contribution in [2.24, 2.45) is 4.99 Å². The molecule has 2 rings (SSSR count). The van der Waals surface area contributed by atoms with Crippen LogP contribution in [0.5, 0.6) is 5.75 Å². The van der Waals surface area contributed by atoms with Crippen molar-refractivity contribution in [2.75, 3.05) is 26.2 Å². The van der Waals surface area contributed by atoms with Crippen molar-refractivity contribution in [3.63, 3.8) is 0 Å². The van der Waals surface area contributed by atoms with Gasteiger partial charge in [0.25, 0.3) is 0 Å². The zero-order valence-corrected chi connectivity index (χ0v) is 13.3. The van der Waals surface area contributed by atoms with Gasteiger partial charge in [-0.15, -0.1) is 0 Å². The standard InChI is InChI=1S/C17H27N3O/c1-3-12-21-16-9-7-8-15(13-16)14-19-17(18-4-2)20-10-5-6-11-20/h7-9,13H,3-6,10-12,14H2,1-2H3,(H,18,19). The second-order valence-corrected chi connectivity index (χ2v) is 5.36. The molecule has 1 aliphatic rings. The summed E-state index contributed by atoms with van der Waals surface area (Å²) in [6, 6.07) is 8.25. The van der Waals surface area contributed by atoms with E-state index < -0.39 is 0 Å². The molecule has 0 amide bonds. The van der Waals surface area contributed by atoms with Crippen LogP contribution in [0.2, 0.25) is 0 Å². The van der Waals surface area contributed by atoms with E-state index in [0.717, 1.165) is 44.4 Å². The van der Waals surface area contributed by atoms with Gasteiger partial charge in [-0.2, -0.15) is 0 Å². The summed E-state index contributed by atoms with van der Waals surface area (Å²) in [7, 11) is 0. The molecule has 1 fully saturated rings. The van der Waals surface area contributed by atoms with Gasteiger partial charge in [-0.05, 0) is 43.9 Å². The minimum Gasteiger partial charge on any atom is -0.494 e. The molecule has 0 aromatic heterocycles. The van der Waals surface area contributed by atoms with Gasteiger partial charge in [0.2, 0.25) is 0 Å². The maximum absolute atomic E-state index is 5.68. The number of rotatable bonds is 6. The SMILES string of the molecule is CCCOc1cccc(CN=C(NCC)N2CCCC2)c1. The van der Waals surface area contributed by atoms with Crippen LogP contribution in [-0.2, 0) is 6.54 Å². The average Bonchev–Trinajstić information content (AvgIpc) is 3.04. The molecular weight excluding hydrogens is 262 g/mol. The van der Waals surface area contributed by atoms with Crippen molar-refractivity contribution in [3.8, 4) is 5.75 Å². The van der Waals surface area contributed by atoms with Gasteiger partial charge in [0.1, 0.15) is 5.75 Å². The van der Waals surface area contributed by atoms with Gasteiger partial charge in [0.05, 0.1) is 13.2 Å². The Morgan fingerprint density at radius 3 is 2.81 bits per heavy atom. The van der Waals surface area contributed by atoms with Crippen molar-refractivity contribution in [1.29, 1.82) is 0 Å². The van der Waals surface area contributed by atoms with E-state index in [1.54, 1.807) is 0 Å². The van der Waals surface area contributed by atoms with Crippen molar-refractivity contribution >= 4 is 5.96 Å². The highest BCUT2D eigenvalue weighted by Gasteiger charge is 2.15. The van der Waals surface area contributed by atoms with Crippen LogP contribution in [-0.4, -0.2) is 37.1 Å². The maximum Gasteiger partial charge on any atom is 0.194 e.